The number of amides is 1. The van der Waals surface area contributed by atoms with Crippen molar-refractivity contribution in [1.29, 1.82) is 0 Å². The van der Waals surface area contributed by atoms with Crippen LogP contribution in [0.25, 0.3) is 0 Å². The molecule has 0 aromatic rings. The van der Waals surface area contributed by atoms with Crippen LogP contribution in [-0.4, -0.2) is 39.7 Å². The van der Waals surface area contributed by atoms with E-state index < -0.39 is 0 Å². The molecule has 0 aromatic carbocycles. The number of rotatable bonds is 4. The first kappa shape index (κ1) is 12.7. The van der Waals surface area contributed by atoms with Crippen LogP contribution in [0, 0.1) is 0 Å². The Hall–Kier alpha value is 0.300. The molecule has 4 heteroatoms. The fraction of sp³-hybridized carbons (Fsp3) is 0.917. The van der Waals surface area contributed by atoms with Gasteiger partial charge in [0.15, 0.2) is 0 Å². The molecule has 16 heavy (non-hydrogen) atoms. The van der Waals surface area contributed by atoms with E-state index in [0.29, 0.717) is 11.9 Å². The van der Waals surface area contributed by atoms with Crippen LogP contribution in [-0.2, 0) is 4.79 Å². The molecule has 1 atom stereocenters. The number of carbonyl (C=O) groups is 1. The molecular formula is C12H20BrNOS. The van der Waals surface area contributed by atoms with Gasteiger partial charge in [-0.1, -0.05) is 22.4 Å². The molecule has 1 saturated carbocycles. The summed E-state index contributed by atoms with van der Waals surface area (Å²) in [5.74, 6) is 1.58. The maximum absolute atomic E-state index is 12.4. The SMILES string of the molecule is O=C(C1CCCCS1)N(CCBr)C1CCC1. The Kier molecular flexibility index (Phi) is 5.01. The molecule has 92 valence electrons. The fourth-order valence-electron chi connectivity index (χ4n) is 2.38. The van der Waals surface area contributed by atoms with Gasteiger partial charge in [0.05, 0.1) is 5.25 Å². The molecule has 1 amide bonds. The smallest absolute Gasteiger partial charge is 0.235 e. The zero-order chi connectivity index (χ0) is 11.4. The molecule has 2 aliphatic rings. The van der Waals surface area contributed by atoms with Gasteiger partial charge in [-0.3, -0.25) is 4.79 Å². The second-order valence-electron chi connectivity index (χ2n) is 4.66. The molecule has 0 radical (unpaired) electrons. The highest BCUT2D eigenvalue weighted by molar-refractivity contribution is 9.09. The molecule has 2 rings (SSSR count). The molecule has 1 heterocycles. The predicted octanol–water partition coefficient (Wildman–Crippen LogP) is 3.05. The highest BCUT2D eigenvalue weighted by atomic mass is 79.9. The number of hydrogen-bond acceptors (Lipinski definition) is 2. The Morgan fingerprint density at radius 1 is 1.25 bits per heavy atom. The molecule has 1 saturated heterocycles. The largest absolute Gasteiger partial charge is 0.338 e. The van der Waals surface area contributed by atoms with E-state index >= 15 is 0 Å². The van der Waals surface area contributed by atoms with Gasteiger partial charge in [-0.05, 0) is 37.9 Å². The van der Waals surface area contributed by atoms with Crippen LogP contribution in [0.2, 0.25) is 0 Å². The Bertz CT molecular complexity index is 239. The molecule has 1 aliphatic heterocycles. The third-order valence-corrected chi connectivity index (χ3v) is 5.30. The summed E-state index contributed by atoms with van der Waals surface area (Å²) in [6, 6.07) is 0.549. The van der Waals surface area contributed by atoms with E-state index in [-0.39, 0.29) is 5.25 Å². The van der Waals surface area contributed by atoms with Crippen molar-refractivity contribution in [3.63, 3.8) is 0 Å². The van der Waals surface area contributed by atoms with Gasteiger partial charge < -0.3 is 4.90 Å². The lowest BCUT2D eigenvalue weighted by Gasteiger charge is -2.39. The molecular weight excluding hydrogens is 286 g/mol. The van der Waals surface area contributed by atoms with E-state index in [4.69, 9.17) is 0 Å². The van der Waals surface area contributed by atoms with Crippen molar-refractivity contribution in [2.45, 2.75) is 49.8 Å². The van der Waals surface area contributed by atoms with Crippen molar-refractivity contribution < 1.29 is 4.79 Å². The number of hydrogen-bond donors (Lipinski definition) is 0. The number of thioether (sulfide) groups is 1. The minimum absolute atomic E-state index is 0.258. The third-order valence-electron chi connectivity index (χ3n) is 3.58. The number of halogens is 1. The zero-order valence-electron chi connectivity index (χ0n) is 9.66. The van der Waals surface area contributed by atoms with Crippen molar-refractivity contribution in [2.75, 3.05) is 17.6 Å². The fourth-order valence-corrected chi connectivity index (χ4v) is 4.03. The van der Waals surface area contributed by atoms with Gasteiger partial charge in [0, 0.05) is 17.9 Å². The summed E-state index contributed by atoms with van der Waals surface area (Å²) in [5, 5.41) is 1.17. The molecule has 0 bridgehead atoms. The molecule has 1 unspecified atom stereocenters. The number of alkyl halides is 1. The minimum Gasteiger partial charge on any atom is -0.338 e. The van der Waals surface area contributed by atoms with E-state index in [1.807, 2.05) is 11.8 Å². The summed E-state index contributed by atoms with van der Waals surface area (Å²) in [4.78, 5) is 14.5. The van der Waals surface area contributed by atoms with Gasteiger partial charge >= 0.3 is 0 Å². The normalized spacial score (nSPS) is 26.2. The molecule has 0 N–H and O–H groups in total. The lowest BCUT2D eigenvalue weighted by atomic mass is 9.91. The maximum atomic E-state index is 12.4. The molecule has 2 nitrogen and oxygen atoms in total. The van der Waals surface area contributed by atoms with Gasteiger partial charge in [0.1, 0.15) is 0 Å². The van der Waals surface area contributed by atoms with Gasteiger partial charge in [-0.15, -0.1) is 11.8 Å². The van der Waals surface area contributed by atoms with E-state index in [0.717, 1.165) is 18.3 Å². The summed E-state index contributed by atoms with van der Waals surface area (Å²) in [6.07, 6.45) is 7.35. The van der Waals surface area contributed by atoms with Crippen LogP contribution in [0.5, 0.6) is 0 Å². The summed E-state index contributed by atoms with van der Waals surface area (Å²) in [6.45, 7) is 0.889. The van der Waals surface area contributed by atoms with Crippen LogP contribution in [0.3, 0.4) is 0 Å². The highest BCUT2D eigenvalue weighted by Crippen LogP contribution is 2.31. The van der Waals surface area contributed by atoms with Crippen LogP contribution in [0.1, 0.15) is 38.5 Å². The van der Waals surface area contributed by atoms with E-state index in [2.05, 4.69) is 20.8 Å². The molecule has 0 aromatic heterocycles. The summed E-state index contributed by atoms with van der Waals surface area (Å²) >= 11 is 5.33. The van der Waals surface area contributed by atoms with E-state index in [1.165, 1.54) is 37.9 Å². The lowest BCUT2D eigenvalue weighted by Crippen LogP contribution is -2.49. The van der Waals surface area contributed by atoms with Gasteiger partial charge in [-0.25, -0.2) is 0 Å². The first-order chi connectivity index (χ1) is 7.83. The average molecular weight is 306 g/mol. The van der Waals surface area contributed by atoms with Gasteiger partial charge in [0.25, 0.3) is 0 Å². The van der Waals surface area contributed by atoms with Crippen molar-refractivity contribution in [1.82, 2.24) is 4.90 Å². The van der Waals surface area contributed by atoms with Crippen molar-refractivity contribution in [3.05, 3.63) is 0 Å². The van der Waals surface area contributed by atoms with Crippen LogP contribution < -0.4 is 0 Å². The number of nitrogens with zero attached hydrogens (tertiary/aromatic N) is 1. The maximum Gasteiger partial charge on any atom is 0.235 e. The Balaban J connectivity index is 1.92. The quantitative estimate of drug-likeness (QED) is 0.744. The number of carbonyl (C=O) groups excluding carboxylic acids is 1. The molecule has 0 spiro atoms. The van der Waals surface area contributed by atoms with Crippen LogP contribution in [0.15, 0.2) is 0 Å². The molecule has 2 fully saturated rings. The van der Waals surface area contributed by atoms with Crippen molar-refractivity contribution >= 4 is 33.6 Å². The van der Waals surface area contributed by atoms with Gasteiger partial charge in [0.2, 0.25) is 5.91 Å². The van der Waals surface area contributed by atoms with Crippen molar-refractivity contribution in [2.24, 2.45) is 0 Å². The topological polar surface area (TPSA) is 20.3 Å². The van der Waals surface area contributed by atoms with Crippen LogP contribution in [0.4, 0.5) is 0 Å². The average Bonchev–Trinajstić information content (AvgIpc) is 2.26. The lowest BCUT2D eigenvalue weighted by molar-refractivity contribution is -0.134. The van der Waals surface area contributed by atoms with E-state index in [9.17, 15) is 4.79 Å². The Morgan fingerprint density at radius 2 is 2.06 bits per heavy atom. The van der Waals surface area contributed by atoms with Crippen molar-refractivity contribution in [3.8, 4) is 0 Å². The van der Waals surface area contributed by atoms with Crippen LogP contribution >= 0.6 is 27.7 Å². The third kappa shape index (κ3) is 2.95. The minimum atomic E-state index is 0.258. The second kappa shape index (κ2) is 6.29. The predicted molar refractivity (Wildman–Crippen MR) is 73.2 cm³/mol. The highest BCUT2D eigenvalue weighted by Gasteiger charge is 2.33. The summed E-state index contributed by atoms with van der Waals surface area (Å²) in [7, 11) is 0. The summed E-state index contributed by atoms with van der Waals surface area (Å²) in [5.41, 5.74) is 0. The summed E-state index contributed by atoms with van der Waals surface area (Å²) < 4.78 is 0. The van der Waals surface area contributed by atoms with E-state index in [1.54, 1.807) is 0 Å². The monoisotopic (exact) mass is 305 g/mol. The standard InChI is InChI=1S/C12H20BrNOS/c13-7-8-14(10-4-3-5-10)12(15)11-6-1-2-9-16-11/h10-11H,1-9H2. The molecule has 1 aliphatic carbocycles. The first-order valence-corrected chi connectivity index (χ1v) is 8.48. The van der Waals surface area contributed by atoms with Gasteiger partial charge in [-0.2, -0.15) is 0 Å². The second-order valence-corrected chi connectivity index (χ2v) is 6.76. The Morgan fingerprint density at radius 3 is 2.56 bits per heavy atom. The Labute approximate surface area is 111 Å². The zero-order valence-corrected chi connectivity index (χ0v) is 12.1. The first-order valence-electron chi connectivity index (χ1n) is 6.31.